The first-order valence-electron chi connectivity index (χ1n) is 3.04. The van der Waals surface area contributed by atoms with Gasteiger partial charge in [0, 0.05) is 0 Å². The maximum atomic E-state index is 10.7. The van der Waals surface area contributed by atoms with Gasteiger partial charge in [0.2, 0.25) is 0 Å². The Hall–Kier alpha value is -1.38. The predicted molar refractivity (Wildman–Crippen MR) is 41.4 cm³/mol. The summed E-state index contributed by atoms with van der Waals surface area (Å²) in [5.74, 6) is 0. The fourth-order valence-corrected chi connectivity index (χ4v) is 1.45. The van der Waals surface area contributed by atoms with Crippen LogP contribution in [-0.2, 0) is 10.0 Å². The Bertz CT molecular complexity index is 431. The van der Waals surface area contributed by atoms with E-state index in [0.29, 0.717) is 0 Å². The number of sulfonamides is 1. The molecule has 12 heavy (non-hydrogen) atoms. The lowest BCUT2D eigenvalue weighted by Crippen LogP contribution is -2.02. The molecule has 0 fully saturated rings. The lowest BCUT2D eigenvalue weighted by atomic mass is 10.2. The van der Waals surface area contributed by atoms with E-state index < -0.39 is 10.0 Å². The van der Waals surface area contributed by atoms with Crippen molar-refractivity contribution in [3.8, 4) is 6.07 Å². The standard InChI is InChI=1S/C7H5N2O2S/c8-5-6-3-1-2-4-7(6)12(9,10)11/h1-4,9H. The van der Waals surface area contributed by atoms with Crippen molar-refractivity contribution in [2.45, 2.75) is 4.90 Å². The number of nitriles is 1. The summed E-state index contributed by atoms with van der Waals surface area (Å²) in [5.41, 5.74) is 0.00694. The van der Waals surface area contributed by atoms with E-state index in [1.54, 1.807) is 12.1 Å². The zero-order valence-corrected chi connectivity index (χ0v) is 6.80. The third-order valence-electron chi connectivity index (χ3n) is 1.30. The highest BCUT2D eigenvalue weighted by Gasteiger charge is 2.12. The summed E-state index contributed by atoms with van der Waals surface area (Å²) in [6.07, 6.45) is 0. The van der Waals surface area contributed by atoms with E-state index in [2.05, 4.69) is 0 Å². The Labute approximate surface area is 70.3 Å². The number of nitrogens with one attached hydrogen (secondary N) is 1. The fraction of sp³-hybridized carbons (Fsp3) is 0. The van der Waals surface area contributed by atoms with Crippen molar-refractivity contribution in [1.29, 1.82) is 5.26 Å². The molecule has 1 aromatic rings. The molecule has 0 aliphatic carbocycles. The maximum Gasteiger partial charge on any atom is 0.255 e. The van der Waals surface area contributed by atoms with Gasteiger partial charge >= 0.3 is 0 Å². The second kappa shape index (κ2) is 2.93. The Balaban J connectivity index is 3.47. The van der Waals surface area contributed by atoms with Crippen LogP contribution < -0.4 is 5.14 Å². The highest BCUT2D eigenvalue weighted by atomic mass is 32.2. The summed E-state index contributed by atoms with van der Waals surface area (Å²) in [4.78, 5) is -0.243. The van der Waals surface area contributed by atoms with Crippen LogP contribution in [0.2, 0.25) is 0 Å². The first-order valence-corrected chi connectivity index (χ1v) is 4.53. The van der Waals surface area contributed by atoms with Crippen molar-refractivity contribution < 1.29 is 8.42 Å². The average Bonchev–Trinajstić information content (AvgIpc) is 2.03. The van der Waals surface area contributed by atoms with Crippen molar-refractivity contribution in [3.63, 3.8) is 0 Å². The molecule has 0 atom stereocenters. The quantitative estimate of drug-likeness (QED) is 0.633. The number of nitrogens with zero attached hydrogens (tertiary/aromatic N) is 1. The molecule has 61 valence electrons. The Morgan fingerprint density at radius 1 is 1.33 bits per heavy atom. The van der Waals surface area contributed by atoms with Crippen molar-refractivity contribution in [2.24, 2.45) is 0 Å². The molecule has 0 bridgehead atoms. The molecule has 0 unspecified atom stereocenters. The molecule has 0 heterocycles. The number of hydrogen-bond donors (Lipinski definition) is 0. The first-order chi connectivity index (χ1) is 5.55. The first kappa shape index (κ1) is 8.71. The maximum absolute atomic E-state index is 10.7. The van der Waals surface area contributed by atoms with E-state index in [9.17, 15) is 8.42 Å². The summed E-state index contributed by atoms with van der Waals surface area (Å²) in [5, 5.41) is 15.2. The number of benzene rings is 1. The Morgan fingerprint density at radius 2 is 1.92 bits per heavy atom. The summed E-state index contributed by atoms with van der Waals surface area (Å²) < 4.78 is 21.5. The molecule has 1 N–H and O–H groups in total. The third kappa shape index (κ3) is 1.61. The van der Waals surface area contributed by atoms with Gasteiger partial charge in [0.25, 0.3) is 10.0 Å². The van der Waals surface area contributed by atoms with Crippen LogP contribution >= 0.6 is 0 Å². The third-order valence-corrected chi connectivity index (χ3v) is 2.23. The molecule has 1 radical (unpaired) electrons. The minimum Gasteiger partial charge on any atom is -0.206 e. The van der Waals surface area contributed by atoms with Crippen LogP contribution in [-0.4, -0.2) is 8.42 Å². The summed E-state index contributed by atoms with van der Waals surface area (Å²) in [7, 11) is -4.02. The van der Waals surface area contributed by atoms with Crippen LogP contribution in [0.15, 0.2) is 29.2 Å². The van der Waals surface area contributed by atoms with Gasteiger partial charge in [-0.3, -0.25) is 0 Å². The van der Waals surface area contributed by atoms with Gasteiger partial charge in [-0.05, 0) is 12.1 Å². The van der Waals surface area contributed by atoms with Crippen LogP contribution in [0.4, 0.5) is 0 Å². The van der Waals surface area contributed by atoms with Gasteiger partial charge in [0.05, 0.1) is 5.56 Å². The number of rotatable bonds is 1. The van der Waals surface area contributed by atoms with Crippen LogP contribution in [0.25, 0.3) is 0 Å². The second-order valence-electron chi connectivity index (χ2n) is 2.11. The van der Waals surface area contributed by atoms with E-state index in [1.807, 2.05) is 0 Å². The van der Waals surface area contributed by atoms with Crippen molar-refractivity contribution in [1.82, 2.24) is 5.14 Å². The highest BCUT2D eigenvalue weighted by molar-refractivity contribution is 7.88. The van der Waals surface area contributed by atoms with E-state index in [-0.39, 0.29) is 10.5 Å². The van der Waals surface area contributed by atoms with Gasteiger partial charge in [0.1, 0.15) is 11.0 Å². The molecular weight excluding hydrogens is 176 g/mol. The van der Waals surface area contributed by atoms with Gasteiger partial charge in [-0.25, -0.2) is 8.42 Å². The smallest absolute Gasteiger partial charge is 0.206 e. The van der Waals surface area contributed by atoms with Crippen LogP contribution in [0.1, 0.15) is 5.56 Å². The Morgan fingerprint density at radius 3 is 2.33 bits per heavy atom. The topological polar surface area (TPSA) is 81.7 Å². The minimum absolute atomic E-state index is 0.00694. The van der Waals surface area contributed by atoms with Gasteiger partial charge in [0.15, 0.2) is 0 Å². The van der Waals surface area contributed by atoms with Gasteiger partial charge in [-0.15, -0.1) is 5.14 Å². The molecule has 5 heteroatoms. The van der Waals surface area contributed by atoms with Crippen molar-refractivity contribution in [3.05, 3.63) is 29.8 Å². The zero-order chi connectivity index (χ0) is 9.19. The van der Waals surface area contributed by atoms with Crippen molar-refractivity contribution in [2.75, 3.05) is 0 Å². The zero-order valence-electron chi connectivity index (χ0n) is 5.98. The summed E-state index contributed by atoms with van der Waals surface area (Å²) >= 11 is 0. The summed E-state index contributed by atoms with van der Waals surface area (Å²) in [6, 6.07) is 7.33. The lowest BCUT2D eigenvalue weighted by molar-refractivity contribution is 0.596. The van der Waals surface area contributed by atoms with Gasteiger partial charge in [-0.2, -0.15) is 5.26 Å². The molecule has 1 aromatic carbocycles. The second-order valence-corrected chi connectivity index (χ2v) is 3.56. The predicted octanol–water partition coefficient (Wildman–Crippen LogP) is 0.530. The van der Waals surface area contributed by atoms with Gasteiger partial charge in [-0.1, -0.05) is 12.1 Å². The minimum atomic E-state index is -4.02. The molecule has 0 aliphatic heterocycles. The monoisotopic (exact) mass is 181 g/mol. The average molecular weight is 181 g/mol. The Kier molecular flexibility index (Phi) is 2.13. The molecular formula is C7H5N2O2S. The van der Waals surface area contributed by atoms with Crippen LogP contribution in [0.5, 0.6) is 0 Å². The molecule has 0 saturated heterocycles. The summed E-state index contributed by atoms with van der Waals surface area (Å²) in [6.45, 7) is 0. The van der Waals surface area contributed by atoms with E-state index in [1.165, 1.54) is 18.2 Å². The molecule has 0 spiro atoms. The van der Waals surface area contributed by atoms with Gasteiger partial charge < -0.3 is 0 Å². The molecule has 4 nitrogen and oxygen atoms in total. The van der Waals surface area contributed by atoms with Crippen LogP contribution in [0.3, 0.4) is 0 Å². The normalized spacial score (nSPS) is 10.7. The largest absolute Gasteiger partial charge is 0.255 e. The SMILES string of the molecule is N#Cc1ccccc1S([NH])(=O)=O. The molecule has 1 rings (SSSR count). The van der Waals surface area contributed by atoms with Crippen LogP contribution in [0, 0.1) is 11.3 Å². The van der Waals surface area contributed by atoms with E-state index >= 15 is 0 Å². The molecule has 0 aliphatic rings. The molecule has 0 amide bonds. The molecule has 0 saturated carbocycles. The van der Waals surface area contributed by atoms with E-state index in [4.69, 9.17) is 10.4 Å². The highest BCUT2D eigenvalue weighted by Crippen LogP contribution is 2.12. The lowest BCUT2D eigenvalue weighted by Gasteiger charge is -1.97. The molecule has 0 aromatic heterocycles. The van der Waals surface area contributed by atoms with E-state index in [0.717, 1.165) is 0 Å². The number of hydrogen-bond acceptors (Lipinski definition) is 3. The fourth-order valence-electron chi connectivity index (χ4n) is 0.793. The van der Waals surface area contributed by atoms with Crippen molar-refractivity contribution >= 4 is 10.0 Å².